The van der Waals surface area contributed by atoms with Crippen molar-refractivity contribution in [1.82, 2.24) is 19.6 Å². The average Bonchev–Trinajstić information content (AvgIpc) is 3.02. The van der Waals surface area contributed by atoms with Gasteiger partial charge in [0.05, 0.1) is 17.4 Å². The second-order valence-electron chi connectivity index (χ2n) is 6.85. The summed E-state index contributed by atoms with van der Waals surface area (Å²) in [7, 11) is 3.79. The van der Waals surface area contributed by atoms with E-state index in [9.17, 15) is 18.0 Å². The van der Waals surface area contributed by atoms with Crippen molar-refractivity contribution < 1.29 is 18.0 Å². The molecule has 2 heterocycles. The van der Waals surface area contributed by atoms with Crippen LogP contribution in [-0.2, 0) is 6.18 Å². The van der Waals surface area contributed by atoms with Gasteiger partial charge in [-0.2, -0.15) is 18.3 Å². The van der Waals surface area contributed by atoms with Crippen LogP contribution < -0.4 is 5.73 Å². The number of aromatic nitrogens is 2. The van der Waals surface area contributed by atoms with Crippen molar-refractivity contribution in [1.29, 1.82) is 0 Å². The van der Waals surface area contributed by atoms with Crippen molar-refractivity contribution in [2.24, 2.45) is 0 Å². The number of piperidine rings is 1. The van der Waals surface area contributed by atoms with Gasteiger partial charge in [-0.15, -0.1) is 0 Å². The highest BCUT2D eigenvalue weighted by Crippen LogP contribution is 2.30. The monoisotopic (exact) mass is 381 g/mol. The molecule has 2 aromatic rings. The van der Waals surface area contributed by atoms with Crippen molar-refractivity contribution in [3.8, 4) is 5.69 Å². The minimum atomic E-state index is -4.41. The maximum Gasteiger partial charge on any atom is 0.416 e. The first kappa shape index (κ1) is 19.2. The number of alkyl halides is 3. The number of hydrogen-bond donors (Lipinski definition) is 1. The predicted molar refractivity (Wildman–Crippen MR) is 95.6 cm³/mol. The summed E-state index contributed by atoms with van der Waals surface area (Å²) < 4.78 is 39.4. The Morgan fingerprint density at radius 1 is 1.22 bits per heavy atom. The highest BCUT2D eigenvalue weighted by molar-refractivity contribution is 5.98. The van der Waals surface area contributed by atoms with Crippen LogP contribution in [0.15, 0.2) is 30.5 Å². The number of anilines is 1. The summed E-state index contributed by atoms with van der Waals surface area (Å²) in [5.74, 6) is -0.125. The highest BCUT2D eigenvalue weighted by Gasteiger charge is 2.30. The quantitative estimate of drug-likeness (QED) is 0.888. The van der Waals surface area contributed by atoms with E-state index in [4.69, 9.17) is 5.73 Å². The Labute approximate surface area is 155 Å². The molecule has 0 radical (unpaired) electrons. The third-order valence-corrected chi connectivity index (χ3v) is 5.03. The van der Waals surface area contributed by atoms with Crippen LogP contribution in [0.5, 0.6) is 0 Å². The van der Waals surface area contributed by atoms with Crippen molar-refractivity contribution >= 4 is 11.7 Å². The van der Waals surface area contributed by atoms with Crippen LogP contribution in [0.1, 0.15) is 28.8 Å². The zero-order valence-electron chi connectivity index (χ0n) is 15.2. The smallest absolute Gasteiger partial charge is 0.383 e. The van der Waals surface area contributed by atoms with E-state index in [0.717, 1.165) is 38.1 Å². The molecule has 1 fully saturated rings. The minimum absolute atomic E-state index is 0.111. The van der Waals surface area contributed by atoms with E-state index in [2.05, 4.69) is 10.00 Å². The SMILES string of the molecule is CN1CCC(N(C)C(=O)c2cnn(-c3ccc(C(F)(F)F)cc3)c2N)CC1. The fourth-order valence-corrected chi connectivity index (χ4v) is 3.26. The summed E-state index contributed by atoms with van der Waals surface area (Å²) in [6, 6.07) is 4.61. The van der Waals surface area contributed by atoms with Gasteiger partial charge in [0.25, 0.3) is 5.91 Å². The molecule has 1 aliphatic rings. The van der Waals surface area contributed by atoms with E-state index < -0.39 is 11.7 Å². The first-order chi connectivity index (χ1) is 12.7. The summed E-state index contributed by atoms with van der Waals surface area (Å²) in [6.07, 6.45) is -1.29. The maximum atomic E-state index is 12.8. The van der Waals surface area contributed by atoms with Crippen molar-refractivity contribution in [3.63, 3.8) is 0 Å². The topological polar surface area (TPSA) is 67.4 Å². The van der Waals surface area contributed by atoms with Gasteiger partial charge in [0, 0.05) is 13.1 Å². The molecule has 1 aromatic carbocycles. The number of amides is 1. The number of carbonyl (C=O) groups is 1. The lowest BCUT2D eigenvalue weighted by atomic mass is 10.0. The van der Waals surface area contributed by atoms with Gasteiger partial charge < -0.3 is 15.5 Å². The number of halogens is 3. The van der Waals surface area contributed by atoms with Crippen LogP contribution in [0.3, 0.4) is 0 Å². The van der Waals surface area contributed by atoms with E-state index in [1.807, 2.05) is 7.05 Å². The fraction of sp³-hybridized carbons (Fsp3) is 0.444. The molecule has 146 valence electrons. The Kier molecular flexibility index (Phi) is 5.14. The first-order valence-corrected chi connectivity index (χ1v) is 8.65. The molecule has 1 saturated heterocycles. The number of nitrogens with two attached hydrogens (primary N) is 1. The van der Waals surface area contributed by atoms with Crippen molar-refractivity contribution in [2.45, 2.75) is 25.1 Å². The Bertz CT molecular complexity index is 807. The lowest BCUT2D eigenvalue weighted by Gasteiger charge is -2.35. The molecule has 6 nitrogen and oxygen atoms in total. The molecule has 1 aromatic heterocycles. The standard InChI is InChI=1S/C18H22F3N5O/c1-24-9-7-13(8-10-24)25(2)17(27)15-11-23-26(16(15)22)14-5-3-12(4-6-14)18(19,20)21/h3-6,11,13H,7-10,22H2,1-2H3. The molecule has 2 N–H and O–H groups in total. The Morgan fingerprint density at radius 3 is 2.37 bits per heavy atom. The normalized spacial score (nSPS) is 16.5. The number of nitrogens with zero attached hydrogens (tertiary/aromatic N) is 4. The van der Waals surface area contributed by atoms with E-state index >= 15 is 0 Å². The molecular formula is C18H22F3N5O. The number of nitrogen functional groups attached to an aromatic ring is 1. The van der Waals surface area contributed by atoms with E-state index in [-0.39, 0.29) is 23.3 Å². The van der Waals surface area contributed by atoms with Gasteiger partial charge in [0.1, 0.15) is 11.4 Å². The molecule has 3 rings (SSSR count). The predicted octanol–water partition coefficient (Wildman–Crippen LogP) is 2.64. The van der Waals surface area contributed by atoms with Crippen LogP contribution in [0.4, 0.5) is 19.0 Å². The number of benzene rings is 1. The molecule has 27 heavy (non-hydrogen) atoms. The van der Waals surface area contributed by atoms with Crippen molar-refractivity contribution in [3.05, 3.63) is 41.6 Å². The third-order valence-electron chi connectivity index (χ3n) is 5.03. The summed E-state index contributed by atoms with van der Waals surface area (Å²) in [5.41, 5.74) is 5.93. The average molecular weight is 381 g/mol. The van der Waals surface area contributed by atoms with Gasteiger partial charge in [-0.3, -0.25) is 4.79 Å². The maximum absolute atomic E-state index is 12.8. The molecule has 0 aliphatic carbocycles. The molecule has 9 heteroatoms. The molecule has 1 aliphatic heterocycles. The summed E-state index contributed by atoms with van der Waals surface area (Å²) in [4.78, 5) is 16.7. The lowest BCUT2D eigenvalue weighted by molar-refractivity contribution is -0.137. The summed E-state index contributed by atoms with van der Waals surface area (Å²) >= 11 is 0. The Hall–Kier alpha value is -2.55. The van der Waals surface area contributed by atoms with E-state index in [0.29, 0.717) is 5.69 Å². The second kappa shape index (κ2) is 7.22. The summed E-state index contributed by atoms with van der Waals surface area (Å²) in [5, 5.41) is 4.09. The molecule has 0 bridgehead atoms. The zero-order chi connectivity index (χ0) is 19.8. The Balaban J connectivity index is 1.79. The zero-order valence-corrected chi connectivity index (χ0v) is 15.2. The number of rotatable bonds is 3. The first-order valence-electron chi connectivity index (χ1n) is 8.65. The van der Waals surface area contributed by atoms with Crippen LogP contribution in [0.25, 0.3) is 5.69 Å². The van der Waals surface area contributed by atoms with Gasteiger partial charge in [-0.05, 0) is 57.2 Å². The number of hydrogen-bond acceptors (Lipinski definition) is 4. The van der Waals surface area contributed by atoms with Crippen LogP contribution in [0.2, 0.25) is 0 Å². The largest absolute Gasteiger partial charge is 0.416 e. The molecule has 0 spiro atoms. The highest BCUT2D eigenvalue weighted by atomic mass is 19.4. The lowest BCUT2D eigenvalue weighted by Crippen LogP contribution is -2.44. The summed E-state index contributed by atoms with van der Waals surface area (Å²) in [6.45, 7) is 1.84. The van der Waals surface area contributed by atoms with Crippen molar-refractivity contribution in [2.75, 3.05) is 32.9 Å². The second-order valence-corrected chi connectivity index (χ2v) is 6.85. The van der Waals surface area contributed by atoms with Crippen LogP contribution in [0, 0.1) is 0 Å². The molecule has 0 atom stereocenters. The molecule has 1 amide bonds. The fourth-order valence-electron chi connectivity index (χ4n) is 3.26. The van der Waals surface area contributed by atoms with Crippen LogP contribution in [-0.4, -0.2) is 58.7 Å². The molecule has 0 unspecified atom stereocenters. The molecular weight excluding hydrogens is 359 g/mol. The number of carbonyl (C=O) groups excluding carboxylic acids is 1. The Morgan fingerprint density at radius 2 is 1.81 bits per heavy atom. The van der Waals surface area contributed by atoms with Gasteiger partial charge in [0.2, 0.25) is 0 Å². The third kappa shape index (κ3) is 3.92. The molecule has 0 saturated carbocycles. The number of likely N-dealkylation sites (tertiary alicyclic amines) is 1. The van der Waals surface area contributed by atoms with Gasteiger partial charge in [-0.1, -0.05) is 0 Å². The van der Waals surface area contributed by atoms with E-state index in [1.165, 1.54) is 23.0 Å². The minimum Gasteiger partial charge on any atom is -0.383 e. The van der Waals surface area contributed by atoms with E-state index in [1.54, 1.807) is 11.9 Å². The van der Waals surface area contributed by atoms with Gasteiger partial charge >= 0.3 is 6.18 Å². The van der Waals surface area contributed by atoms with Gasteiger partial charge in [0.15, 0.2) is 0 Å². The van der Waals surface area contributed by atoms with Crippen LogP contribution >= 0.6 is 0 Å². The van der Waals surface area contributed by atoms with Gasteiger partial charge in [-0.25, -0.2) is 4.68 Å².